The van der Waals surface area contributed by atoms with Crippen molar-refractivity contribution in [1.82, 2.24) is 9.47 Å². The van der Waals surface area contributed by atoms with Crippen LogP contribution in [0, 0.1) is 0 Å². The maximum absolute atomic E-state index is 12.8. The van der Waals surface area contributed by atoms with Gasteiger partial charge in [-0.1, -0.05) is 24.3 Å². The van der Waals surface area contributed by atoms with Crippen molar-refractivity contribution in [2.24, 2.45) is 11.5 Å². The van der Waals surface area contributed by atoms with Gasteiger partial charge >= 0.3 is 0 Å². The van der Waals surface area contributed by atoms with Crippen molar-refractivity contribution in [3.05, 3.63) is 53.7 Å². The van der Waals surface area contributed by atoms with Gasteiger partial charge in [-0.05, 0) is 49.4 Å². The van der Waals surface area contributed by atoms with E-state index in [9.17, 15) is 14.4 Å². The summed E-state index contributed by atoms with van der Waals surface area (Å²) >= 11 is 0. The predicted octanol–water partition coefficient (Wildman–Crippen LogP) is 2.75. The van der Waals surface area contributed by atoms with Crippen molar-refractivity contribution in [2.75, 3.05) is 25.0 Å². The maximum atomic E-state index is 12.8. The number of aromatic nitrogens is 1. The van der Waals surface area contributed by atoms with Crippen molar-refractivity contribution < 1.29 is 14.4 Å². The molecule has 0 saturated carbocycles. The van der Waals surface area contributed by atoms with Crippen LogP contribution < -0.4 is 16.8 Å². The summed E-state index contributed by atoms with van der Waals surface area (Å²) < 4.78 is 1.85. The smallest absolute Gasteiger partial charge is 0.250 e. The number of fused-ring (bicyclic) bond motifs is 3. The minimum absolute atomic E-state index is 0.0183. The molecule has 0 aliphatic carbocycles. The number of hydrogen-bond donors (Lipinski definition) is 3. The molecule has 0 bridgehead atoms. The van der Waals surface area contributed by atoms with Crippen LogP contribution in [0.3, 0.4) is 0 Å². The minimum atomic E-state index is -0.497. The second-order valence-corrected chi connectivity index (χ2v) is 9.05. The Morgan fingerprint density at radius 2 is 1.82 bits per heavy atom. The predicted molar refractivity (Wildman–Crippen MR) is 132 cm³/mol. The zero-order valence-electron chi connectivity index (χ0n) is 19.0. The van der Waals surface area contributed by atoms with Gasteiger partial charge in [0.05, 0.1) is 17.6 Å². The molecular weight excluding hydrogens is 430 g/mol. The van der Waals surface area contributed by atoms with E-state index in [1.807, 2.05) is 41.0 Å². The molecule has 0 atom stereocenters. The first-order valence-corrected chi connectivity index (χ1v) is 11.8. The van der Waals surface area contributed by atoms with E-state index in [0.29, 0.717) is 30.8 Å². The molecule has 5 N–H and O–H groups in total. The lowest BCUT2D eigenvalue weighted by Gasteiger charge is -2.33. The lowest BCUT2D eigenvalue weighted by Crippen LogP contribution is -2.44. The quantitative estimate of drug-likeness (QED) is 0.541. The Kier molecular flexibility index (Phi) is 5.83. The van der Waals surface area contributed by atoms with Crippen LogP contribution in [-0.4, -0.2) is 52.9 Å². The highest BCUT2D eigenvalue weighted by molar-refractivity contribution is 6.06. The third-order valence-corrected chi connectivity index (χ3v) is 6.98. The molecular formula is C26H29N5O3. The number of amides is 2. The van der Waals surface area contributed by atoms with Crippen molar-refractivity contribution in [3.63, 3.8) is 0 Å². The van der Waals surface area contributed by atoms with Gasteiger partial charge in [-0.15, -0.1) is 0 Å². The first kappa shape index (κ1) is 22.2. The topological polar surface area (TPSA) is 123 Å². The normalized spacial score (nSPS) is 16.5. The molecule has 1 fully saturated rings. The molecule has 0 radical (unpaired) electrons. The molecule has 176 valence electrons. The van der Waals surface area contributed by atoms with Crippen molar-refractivity contribution in [2.45, 2.75) is 38.1 Å². The van der Waals surface area contributed by atoms with Gasteiger partial charge in [0, 0.05) is 47.9 Å². The van der Waals surface area contributed by atoms with Gasteiger partial charge in [-0.25, -0.2) is 0 Å². The molecule has 2 aromatic carbocycles. The maximum Gasteiger partial charge on any atom is 0.250 e. The molecule has 1 aromatic heterocycles. The summed E-state index contributed by atoms with van der Waals surface area (Å²) in [5, 5.41) is 4.53. The number of primary amides is 1. The largest absolute Gasteiger partial charge is 0.382 e. The van der Waals surface area contributed by atoms with Crippen LogP contribution in [0.25, 0.3) is 22.0 Å². The van der Waals surface area contributed by atoms with E-state index in [1.165, 1.54) is 0 Å². The molecule has 3 aromatic rings. The second kappa shape index (κ2) is 8.95. The van der Waals surface area contributed by atoms with E-state index in [0.717, 1.165) is 53.4 Å². The molecule has 2 aliphatic heterocycles. The van der Waals surface area contributed by atoms with Crippen LogP contribution in [0.1, 0.15) is 46.5 Å². The average Bonchev–Trinajstić information content (AvgIpc) is 3.19. The Hall–Kier alpha value is -3.65. The van der Waals surface area contributed by atoms with Gasteiger partial charge in [0.2, 0.25) is 11.8 Å². The van der Waals surface area contributed by atoms with Gasteiger partial charge in [0.25, 0.3) is 5.91 Å². The zero-order chi connectivity index (χ0) is 23.8. The lowest BCUT2D eigenvalue weighted by molar-refractivity contribution is -0.130. The molecule has 2 aliphatic rings. The number of hydrogen-bond acceptors (Lipinski definition) is 5. The van der Waals surface area contributed by atoms with Crippen LogP contribution in [0.15, 0.2) is 42.5 Å². The Balaban J connectivity index is 1.53. The summed E-state index contributed by atoms with van der Waals surface area (Å²) in [6, 6.07) is 13.7. The standard InChI is InChI=1S/C26H29N5O3/c27-15-24(33)30-12-10-17(11-13-30)29-20-14-16(8-9-18(20)26(28)34)25-19-4-1-2-5-21(19)31-22(25)6-3-7-23(31)32/h1-2,4-5,8-9,14,17,29H,3,6-7,10-13,15,27H2,(H2,28,34). The second-order valence-electron chi connectivity index (χ2n) is 9.05. The van der Waals surface area contributed by atoms with E-state index in [-0.39, 0.29) is 24.4 Å². The van der Waals surface area contributed by atoms with E-state index in [1.54, 1.807) is 11.0 Å². The Morgan fingerprint density at radius 3 is 2.56 bits per heavy atom. The Morgan fingerprint density at radius 1 is 1.06 bits per heavy atom. The van der Waals surface area contributed by atoms with Crippen molar-refractivity contribution in [1.29, 1.82) is 0 Å². The summed E-state index contributed by atoms with van der Waals surface area (Å²) in [5.41, 5.74) is 16.2. The third-order valence-electron chi connectivity index (χ3n) is 6.98. The SMILES string of the molecule is NCC(=O)N1CCC(Nc2cc(-c3c4n(c5ccccc35)C(=O)CCC4)ccc2C(N)=O)CC1. The number of anilines is 1. The summed E-state index contributed by atoms with van der Waals surface area (Å²) in [4.78, 5) is 38.6. The number of benzene rings is 2. The highest BCUT2D eigenvalue weighted by Gasteiger charge is 2.27. The number of rotatable bonds is 5. The number of piperidine rings is 1. The fourth-order valence-electron chi connectivity index (χ4n) is 5.31. The number of nitrogens with two attached hydrogens (primary N) is 2. The first-order valence-electron chi connectivity index (χ1n) is 11.8. The number of carbonyl (C=O) groups excluding carboxylic acids is 3. The first-order chi connectivity index (χ1) is 16.5. The third kappa shape index (κ3) is 3.84. The average molecular weight is 460 g/mol. The van der Waals surface area contributed by atoms with Gasteiger partial charge in [0.1, 0.15) is 0 Å². The summed E-state index contributed by atoms with van der Waals surface area (Å²) in [6.07, 6.45) is 3.71. The Bertz CT molecular complexity index is 1290. The van der Waals surface area contributed by atoms with E-state index in [4.69, 9.17) is 11.5 Å². The highest BCUT2D eigenvalue weighted by atomic mass is 16.2. The number of nitrogens with one attached hydrogen (secondary N) is 1. The van der Waals surface area contributed by atoms with E-state index >= 15 is 0 Å². The van der Waals surface area contributed by atoms with Gasteiger partial charge in [-0.3, -0.25) is 19.0 Å². The number of nitrogens with zero attached hydrogens (tertiary/aromatic N) is 2. The summed E-state index contributed by atoms with van der Waals surface area (Å²) in [5.74, 6) is -0.420. The molecule has 0 unspecified atom stereocenters. The fourth-order valence-corrected chi connectivity index (χ4v) is 5.31. The summed E-state index contributed by atoms with van der Waals surface area (Å²) in [6.45, 7) is 1.27. The minimum Gasteiger partial charge on any atom is -0.382 e. The van der Waals surface area contributed by atoms with E-state index in [2.05, 4.69) is 5.32 Å². The molecule has 34 heavy (non-hydrogen) atoms. The molecule has 3 heterocycles. The molecule has 2 amide bonds. The molecule has 1 saturated heterocycles. The number of carbonyl (C=O) groups is 3. The van der Waals surface area contributed by atoms with Crippen LogP contribution in [0.4, 0.5) is 5.69 Å². The van der Waals surface area contributed by atoms with Gasteiger partial charge < -0.3 is 21.7 Å². The fraction of sp³-hybridized carbons (Fsp3) is 0.346. The molecule has 0 spiro atoms. The van der Waals surface area contributed by atoms with Gasteiger partial charge in [-0.2, -0.15) is 0 Å². The zero-order valence-corrected chi connectivity index (χ0v) is 19.0. The van der Waals surface area contributed by atoms with Crippen molar-refractivity contribution in [3.8, 4) is 11.1 Å². The highest BCUT2D eigenvalue weighted by Crippen LogP contribution is 2.39. The monoisotopic (exact) mass is 459 g/mol. The van der Waals surface area contributed by atoms with Crippen LogP contribution in [0.2, 0.25) is 0 Å². The molecule has 8 nitrogen and oxygen atoms in total. The van der Waals surface area contributed by atoms with Crippen LogP contribution in [-0.2, 0) is 11.2 Å². The van der Waals surface area contributed by atoms with Gasteiger partial charge in [0.15, 0.2) is 0 Å². The summed E-state index contributed by atoms with van der Waals surface area (Å²) in [7, 11) is 0. The van der Waals surface area contributed by atoms with Crippen LogP contribution >= 0.6 is 0 Å². The number of para-hydroxylation sites is 1. The van der Waals surface area contributed by atoms with Crippen LogP contribution in [0.5, 0.6) is 0 Å². The Labute approximate surface area is 197 Å². The number of likely N-dealkylation sites (tertiary alicyclic amines) is 1. The lowest BCUT2D eigenvalue weighted by atomic mass is 9.95. The molecule has 8 heteroatoms. The van der Waals surface area contributed by atoms with Crippen molar-refractivity contribution >= 4 is 34.3 Å². The van der Waals surface area contributed by atoms with E-state index < -0.39 is 5.91 Å². The molecule has 5 rings (SSSR count).